The summed E-state index contributed by atoms with van der Waals surface area (Å²) in [5.74, 6) is -0.491. The quantitative estimate of drug-likeness (QED) is 0.622. The molecule has 0 aliphatic rings. The first-order valence-electron chi connectivity index (χ1n) is 5.34. The van der Waals surface area contributed by atoms with E-state index in [-0.39, 0.29) is 16.5 Å². The highest BCUT2D eigenvalue weighted by Gasteiger charge is 2.17. The van der Waals surface area contributed by atoms with Gasteiger partial charge in [0.2, 0.25) is 5.78 Å². The van der Waals surface area contributed by atoms with Crippen LogP contribution in [0.4, 0.5) is 0 Å². The van der Waals surface area contributed by atoms with Crippen LogP contribution in [0.5, 0.6) is 0 Å². The molecule has 0 saturated heterocycles. The largest absolute Gasteiger partial charge is 0.286 e. The highest BCUT2D eigenvalue weighted by Crippen LogP contribution is 2.19. The molecule has 2 aromatic rings. The summed E-state index contributed by atoms with van der Waals surface area (Å²) in [6, 6.07) is 8.72. The Balaban J connectivity index is 2.20. The van der Waals surface area contributed by atoms with E-state index in [9.17, 15) is 13.2 Å². The molecule has 0 unspecified atom stereocenters. The van der Waals surface area contributed by atoms with Gasteiger partial charge in [-0.15, -0.1) is 11.3 Å². The lowest BCUT2D eigenvalue weighted by molar-refractivity contribution is 0.103. The summed E-state index contributed by atoms with van der Waals surface area (Å²) in [6.45, 7) is 0. The molecule has 19 heavy (non-hydrogen) atoms. The summed E-state index contributed by atoms with van der Waals surface area (Å²) in [4.78, 5) is 16.5. The van der Waals surface area contributed by atoms with Gasteiger partial charge in [0.1, 0.15) is 5.75 Å². The number of hydrogen-bond donors (Lipinski definition) is 0. The normalized spacial score (nSPS) is 11.4. The lowest BCUT2D eigenvalue weighted by Gasteiger charge is -1.97. The van der Waals surface area contributed by atoms with Crippen molar-refractivity contribution in [2.24, 2.45) is 0 Å². The zero-order valence-corrected chi connectivity index (χ0v) is 11.7. The zero-order chi connectivity index (χ0) is 13.9. The molecule has 0 aliphatic heterocycles. The van der Waals surface area contributed by atoms with Gasteiger partial charge in [0.05, 0.1) is 7.11 Å². The number of benzene rings is 1. The number of carbonyl (C=O) groups excluding carboxylic acids is 1. The Bertz CT molecular complexity index is 677. The summed E-state index contributed by atoms with van der Waals surface area (Å²) >= 11 is 1.06. The van der Waals surface area contributed by atoms with Crippen molar-refractivity contribution in [3.8, 4) is 0 Å². The van der Waals surface area contributed by atoms with Gasteiger partial charge in [-0.2, -0.15) is 8.42 Å². The fraction of sp³-hybridized carbons (Fsp3) is 0.167. The lowest BCUT2D eigenvalue weighted by atomic mass is 10.1. The summed E-state index contributed by atoms with van der Waals surface area (Å²) in [7, 11) is -2.49. The average molecular weight is 297 g/mol. The van der Waals surface area contributed by atoms with Crippen molar-refractivity contribution in [1.82, 2.24) is 4.98 Å². The van der Waals surface area contributed by atoms with Gasteiger partial charge in [-0.3, -0.25) is 8.98 Å². The van der Waals surface area contributed by atoms with Crippen LogP contribution in [-0.2, 0) is 20.1 Å². The average Bonchev–Trinajstić information content (AvgIpc) is 2.86. The fourth-order valence-corrected chi connectivity index (χ4v) is 3.30. The first-order chi connectivity index (χ1) is 9.02. The van der Waals surface area contributed by atoms with Gasteiger partial charge in [-0.1, -0.05) is 30.3 Å². The smallest absolute Gasteiger partial charge is 0.272 e. The molecule has 100 valence electrons. The SMILES string of the molecule is COS(=O)(=O)Cc1cnc(C(=O)c2ccccc2)s1. The molecule has 0 fully saturated rings. The molecule has 0 atom stereocenters. The van der Waals surface area contributed by atoms with E-state index < -0.39 is 10.1 Å². The van der Waals surface area contributed by atoms with Crippen LogP contribution >= 0.6 is 11.3 Å². The van der Waals surface area contributed by atoms with Crippen molar-refractivity contribution in [3.05, 3.63) is 52.0 Å². The maximum Gasteiger partial charge on any atom is 0.272 e. The number of carbonyl (C=O) groups is 1. The molecule has 0 radical (unpaired) electrons. The zero-order valence-electron chi connectivity index (χ0n) is 10.1. The molecule has 0 N–H and O–H groups in total. The summed E-state index contributed by atoms with van der Waals surface area (Å²) in [5.41, 5.74) is 0.526. The maximum absolute atomic E-state index is 12.1. The topological polar surface area (TPSA) is 73.3 Å². The van der Waals surface area contributed by atoms with E-state index in [2.05, 4.69) is 9.17 Å². The molecular formula is C12H11NO4S2. The van der Waals surface area contributed by atoms with Crippen LogP contribution in [0.25, 0.3) is 0 Å². The van der Waals surface area contributed by atoms with Gasteiger partial charge in [0.25, 0.3) is 10.1 Å². The number of nitrogens with zero attached hydrogens (tertiary/aromatic N) is 1. The van der Waals surface area contributed by atoms with Crippen molar-refractivity contribution in [3.63, 3.8) is 0 Å². The minimum Gasteiger partial charge on any atom is -0.286 e. The number of aromatic nitrogens is 1. The molecule has 0 spiro atoms. The summed E-state index contributed by atoms with van der Waals surface area (Å²) in [5, 5.41) is 0.271. The Hall–Kier alpha value is -1.57. The highest BCUT2D eigenvalue weighted by molar-refractivity contribution is 7.86. The van der Waals surface area contributed by atoms with E-state index in [4.69, 9.17) is 0 Å². The molecule has 1 aromatic carbocycles. The third-order valence-electron chi connectivity index (χ3n) is 2.36. The van der Waals surface area contributed by atoms with Crippen LogP contribution in [0.3, 0.4) is 0 Å². The van der Waals surface area contributed by atoms with Gasteiger partial charge in [0.15, 0.2) is 5.01 Å². The van der Waals surface area contributed by atoms with E-state index in [0.717, 1.165) is 18.4 Å². The molecule has 7 heteroatoms. The minimum atomic E-state index is -3.59. The van der Waals surface area contributed by atoms with Gasteiger partial charge >= 0.3 is 0 Å². The van der Waals surface area contributed by atoms with Gasteiger partial charge in [0, 0.05) is 16.6 Å². The van der Waals surface area contributed by atoms with Crippen LogP contribution in [0, 0.1) is 0 Å². The monoisotopic (exact) mass is 297 g/mol. The second-order valence-corrected chi connectivity index (χ2v) is 6.55. The minimum absolute atomic E-state index is 0.216. The molecule has 0 aliphatic carbocycles. The molecular weight excluding hydrogens is 286 g/mol. The van der Waals surface area contributed by atoms with E-state index in [1.807, 2.05) is 6.07 Å². The molecule has 2 rings (SSSR count). The number of rotatable bonds is 5. The molecule has 0 bridgehead atoms. The fourth-order valence-electron chi connectivity index (χ4n) is 1.43. The van der Waals surface area contributed by atoms with E-state index in [0.29, 0.717) is 10.4 Å². The Morgan fingerprint density at radius 2 is 2.00 bits per heavy atom. The van der Waals surface area contributed by atoms with Crippen molar-refractivity contribution in [2.45, 2.75) is 5.75 Å². The lowest BCUT2D eigenvalue weighted by Crippen LogP contribution is -2.04. The predicted molar refractivity (Wildman–Crippen MR) is 71.6 cm³/mol. The van der Waals surface area contributed by atoms with Crippen LogP contribution in [0.15, 0.2) is 36.5 Å². The number of thiazole rings is 1. The molecule has 1 aromatic heterocycles. The Labute approximate surface area is 115 Å². The van der Waals surface area contributed by atoms with Gasteiger partial charge < -0.3 is 0 Å². The first-order valence-corrected chi connectivity index (χ1v) is 7.74. The van der Waals surface area contributed by atoms with Gasteiger partial charge in [-0.25, -0.2) is 4.98 Å². The number of hydrogen-bond acceptors (Lipinski definition) is 6. The molecule has 1 heterocycles. The predicted octanol–water partition coefficient (Wildman–Crippen LogP) is 1.85. The Morgan fingerprint density at radius 3 is 2.63 bits per heavy atom. The number of ketones is 1. The van der Waals surface area contributed by atoms with Crippen molar-refractivity contribution in [2.75, 3.05) is 7.11 Å². The van der Waals surface area contributed by atoms with E-state index >= 15 is 0 Å². The van der Waals surface area contributed by atoms with Crippen molar-refractivity contribution in [1.29, 1.82) is 0 Å². The van der Waals surface area contributed by atoms with Crippen LogP contribution in [0.1, 0.15) is 20.2 Å². The Kier molecular flexibility index (Phi) is 4.08. The van der Waals surface area contributed by atoms with Gasteiger partial charge in [-0.05, 0) is 0 Å². The third kappa shape index (κ3) is 3.46. The highest BCUT2D eigenvalue weighted by atomic mass is 32.2. The first kappa shape index (κ1) is 13.9. The second-order valence-electron chi connectivity index (χ2n) is 3.70. The maximum atomic E-state index is 12.1. The van der Waals surface area contributed by atoms with E-state index in [1.54, 1.807) is 24.3 Å². The summed E-state index contributed by atoms with van der Waals surface area (Å²) in [6.07, 6.45) is 1.39. The second kappa shape index (κ2) is 5.60. The van der Waals surface area contributed by atoms with Crippen molar-refractivity contribution < 1.29 is 17.4 Å². The van der Waals surface area contributed by atoms with E-state index in [1.165, 1.54) is 6.20 Å². The van der Waals surface area contributed by atoms with Crippen LogP contribution < -0.4 is 0 Å². The summed E-state index contributed by atoms with van der Waals surface area (Å²) < 4.78 is 26.9. The standard InChI is InChI=1S/C12H11NO4S2/c1-17-19(15,16)8-10-7-13-12(18-10)11(14)9-5-3-2-4-6-9/h2-7H,8H2,1H3. The van der Waals surface area contributed by atoms with Crippen molar-refractivity contribution >= 4 is 27.2 Å². The molecule has 0 saturated carbocycles. The molecule has 5 nitrogen and oxygen atoms in total. The van der Waals surface area contributed by atoms with Crippen LogP contribution in [-0.4, -0.2) is 26.3 Å². The third-order valence-corrected chi connectivity index (χ3v) is 4.71. The Morgan fingerprint density at radius 1 is 1.32 bits per heavy atom. The molecule has 0 amide bonds. The van der Waals surface area contributed by atoms with Crippen LogP contribution in [0.2, 0.25) is 0 Å².